The van der Waals surface area contributed by atoms with Crippen molar-refractivity contribution in [2.75, 3.05) is 5.32 Å². The first-order chi connectivity index (χ1) is 8.00. The summed E-state index contributed by atoms with van der Waals surface area (Å²) in [6.45, 7) is 0. The molecule has 0 saturated carbocycles. The van der Waals surface area contributed by atoms with E-state index >= 15 is 0 Å². The quantitative estimate of drug-likeness (QED) is 0.740. The second-order valence-corrected chi connectivity index (χ2v) is 7.35. The SMILES string of the molecule is NC(=O)Nc1nc(C(Cl)(Cl)Cl)nc(C(Cl)(Cl)Cl)n1. The number of carbonyl (C=O) groups is 1. The molecule has 0 radical (unpaired) electrons. The number of primary amides is 1. The minimum atomic E-state index is -1.98. The van der Waals surface area contributed by atoms with E-state index in [2.05, 4.69) is 20.3 Å². The Labute approximate surface area is 131 Å². The van der Waals surface area contributed by atoms with Gasteiger partial charge in [-0.2, -0.15) is 9.97 Å². The van der Waals surface area contributed by atoms with E-state index in [9.17, 15) is 4.79 Å². The van der Waals surface area contributed by atoms with Gasteiger partial charge in [-0.15, -0.1) is 0 Å². The molecule has 0 unspecified atom stereocenters. The molecule has 0 saturated heterocycles. The summed E-state index contributed by atoms with van der Waals surface area (Å²) >= 11 is 33.6. The number of amides is 2. The third kappa shape index (κ3) is 4.60. The molecule has 1 aromatic rings. The smallest absolute Gasteiger partial charge is 0.319 e. The van der Waals surface area contributed by atoms with Gasteiger partial charge in [0.15, 0.2) is 11.6 Å². The summed E-state index contributed by atoms with van der Waals surface area (Å²) in [7, 11) is 0. The number of nitrogens with two attached hydrogens (primary N) is 1. The Kier molecular flexibility index (Phi) is 4.97. The second kappa shape index (κ2) is 5.56. The van der Waals surface area contributed by atoms with Crippen molar-refractivity contribution in [1.82, 2.24) is 15.0 Å². The normalized spacial score (nSPS) is 12.3. The van der Waals surface area contributed by atoms with Gasteiger partial charge in [0.2, 0.25) is 13.5 Å². The van der Waals surface area contributed by atoms with Crippen LogP contribution in [-0.2, 0) is 7.59 Å². The monoisotopic (exact) mass is 371 g/mol. The maximum atomic E-state index is 10.7. The van der Waals surface area contributed by atoms with E-state index in [1.165, 1.54) is 0 Å². The zero-order chi connectivity index (χ0) is 14.1. The molecule has 2 amide bonds. The highest BCUT2D eigenvalue weighted by Crippen LogP contribution is 2.40. The molecule has 100 valence electrons. The van der Waals surface area contributed by atoms with Crippen LogP contribution in [0.3, 0.4) is 0 Å². The van der Waals surface area contributed by atoms with Crippen LogP contribution >= 0.6 is 69.6 Å². The number of nitrogens with zero attached hydrogens (tertiary/aromatic N) is 3. The molecule has 3 N–H and O–H groups in total. The molecule has 0 atom stereocenters. The zero-order valence-corrected chi connectivity index (χ0v) is 12.6. The number of nitrogens with one attached hydrogen (secondary N) is 1. The number of carbonyl (C=O) groups excluding carboxylic acids is 1. The average molecular weight is 374 g/mol. The first-order valence-corrected chi connectivity index (χ1v) is 6.24. The van der Waals surface area contributed by atoms with Crippen LogP contribution in [0.4, 0.5) is 10.7 Å². The van der Waals surface area contributed by atoms with Gasteiger partial charge in [0.25, 0.3) is 0 Å². The number of anilines is 1. The van der Waals surface area contributed by atoms with Crippen LogP contribution in [0.1, 0.15) is 11.6 Å². The van der Waals surface area contributed by atoms with E-state index < -0.39 is 13.6 Å². The molecule has 1 aromatic heterocycles. The molecule has 18 heavy (non-hydrogen) atoms. The van der Waals surface area contributed by atoms with Crippen LogP contribution in [0.5, 0.6) is 0 Å². The second-order valence-electron chi connectivity index (χ2n) is 2.79. The van der Waals surface area contributed by atoms with E-state index in [4.69, 9.17) is 75.3 Å². The third-order valence-electron chi connectivity index (χ3n) is 1.38. The maximum absolute atomic E-state index is 10.7. The zero-order valence-electron chi connectivity index (χ0n) is 8.10. The first kappa shape index (κ1) is 16.1. The van der Waals surface area contributed by atoms with Gasteiger partial charge in [-0.1, -0.05) is 69.6 Å². The molecular formula is C6H3Cl6N5O. The van der Waals surface area contributed by atoms with E-state index in [1.54, 1.807) is 0 Å². The van der Waals surface area contributed by atoms with Crippen LogP contribution in [-0.4, -0.2) is 21.0 Å². The summed E-state index contributed by atoms with van der Waals surface area (Å²) in [6.07, 6.45) is 0. The highest BCUT2D eigenvalue weighted by molar-refractivity contribution is 6.67. The van der Waals surface area contributed by atoms with Crippen LogP contribution in [0.15, 0.2) is 0 Å². The van der Waals surface area contributed by atoms with Crippen molar-refractivity contribution < 1.29 is 4.79 Å². The van der Waals surface area contributed by atoms with Crippen molar-refractivity contribution in [2.45, 2.75) is 7.59 Å². The van der Waals surface area contributed by atoms with Crippen molar-refractivity contribution in [3.63, 3.8) is 0 Å². The largest absolute Gasteiger partial charge is 0.351 e. The predicted molar refractivity (Wildman–Crippen MR) is 71.5 cm³/mol. The van der Waals surface area contributed by atoms with Crippen molar-refractivity contribution in [3.8, 4) is 0 Å². The topological polar surface area (TPSA) is 93.8 Å². The van der Waals surface area contributed by atoms with E-state index in [0.29, 0.717) is 0 Å². The van der Waals surface area contributed by atoms with Gasteiger partial charge in [0.05, 0.1) is 0 Å². The van der Waals surface area contributed by atoms with Crippen LogP contribution in [0.2, 0.25) is 0 Å². The van der Waals surface area contributed by atoms with Crippen molar-refractivity contribution >= 4 is 81.6 Å². The van der Waals surface area contributed by atoms with Gasteiger partial charge >= 0.3 is 6.03 Å². The fraction of sp³-hybridized carbons (Fsp3) is 0.333. The third-order valence-corrected chi connectivity index (χ3v) is 2.39. The first-order valence-electron chi connectivity index (χ1n) is 3.97. The highest BCUT2D eigenvalue weighted by atomic mass is 35.6. The average Bonchev–Trinajstić information content (AvgIpc) is 2.13. The van der Waals surface area contributed by atoms with E-state index in [1.807, 2.05) is 0 Å². The summed E-state index contributed by atoms with van der Waals surface area (Å²) in [5.41, 5.74) is 4.89. The standard InChI is InChI=1S/C6H3Cl6N5O/c7-5(8,9)1-14-2(6(10,11)12)16-4(15-1)17-3(13)18/h(H3,13,14,15,16,17,18). The number of hydrogen-bond acceptors (Lipinski definition) is 4. The van der Waals surface area contributed by atoms with Gasteiger partial charge in [0, 0.05) is 0 Å². The molecule has 0 bridgehead atoms. The molecular weight excluding hydrogens is 371 g/mol. The molecule has 1 rings (SSSR count). The van der Waals surface area contributed by atoms with Crippen molar-refractivity contribution in [2.24, 2.45) is 5.73 Å². The van der Waals surface area contributed by atoms with Gasteiger partial charge in [-0.05, 0) is 0 Å². The Morgan fingerprint density at radius 2 is 1.33 bits per heavy atom. The highest BCUT2D eigenvalue weighted by Gasteiger charge is 2.33. The number of urea groups is 1. The molecule has 0 spiro atoms. The number of aromatic nitrogens is 3. The summed E-state index contributed by atoms with van der Waals surface area (Å²) < 4.78 is -3.97. The van der Waals surface area contributed by atoms with Gasteiger partial charge in [-0.25, -0.2) is 9.78 Å². The summed E-state index contributed by atoms with van der Waals surface area (Å²) in [6, 6.07) is -0.938. The minimum Gasteiger partial charge on any atom is -0.351 e. The Morgan fingerprint density at radius 1 is 0.944 bits per heavy atom. The Morgan fingerprint density at radius 3 is 1.61 bits per heavy atom. The number of halogens is 6. The van der Waals surface area contributed by atoms with Gasteiger partial charge < -0.3 is 5.73 Å². The molecule has 0 aliphatic heterocycles. The maximum Gasteiger partial charge on any atom is 0.319 e. The fourth-order valence-electron chi connectivity index (χ4n) is 0.796. The van der Waals surface area contributed by atoms with Gasteiger partial charge in [0.1, 0.15) is 0 Å². The fourth-order valence-corrected chi connectivity index (χ4v) is 1.30. The Hall–Kier alpha value is 0.0200. The minimum absolute atomic E-state index is 0.305. The molecule has 0 aliphatic carbocycles. The molecule has 0 aliphatic rings. The Balaban J connectivity index is 3.34. The summed E-state index contributed by atoms with van der Waals surface area (Å²) in [4.78, 5) is 21.7. The lowest BCUT2D eigenvalue weighted by Crippen LogP contribution is -2.24. The van der Waals surface area contributed by atoms with Crippen LogP contribution in [0.25, 0.3) is 0 Å². The number of rotatable bonds is 1. The molecule has 1 heterocycles. The lowest BCUT2D eigenvalue weighted by Gasteiger charge is -2.15. The lowest BCUT2D eigenvalue weighted by molar-refractivity contribution is 0.259. The molecule has 6 nitrogen and oxygen atoms in total. The molecule has 0 fully saturated rings. The van der Waals surface area contributed by atoms with Crippen LogP contribution < -0.4 is 11.1 Å². The van der Waals surface area contributed by atoms with E-state index in [0.717, 1.165) is 0 Å². The Bertz CT molecular complexity index is 436. The number of hydrogen-bond donors (Lipinski definition) is 2. The molecule has 0 aromatic carbocycles. The van der Waals surface area contributed by atoms with Gasteiger partial charge in [-0.3, -0.25) is 5.32 Å². The summed E-state index contributed by atoms with van der Waals surface area (Å²) in [5.74, 6) is -0.958. The molecule has 12 heteroatoms. The van der Waals surface area contributed by atoms with Crippen LogP contribution in [0, 0.1) is 0 Å². The predicted octanol–water partition coefficient (Wildman–Crippen LogP) is 3.02. The number of alkyl halides is 6. The van der Waals surface area contributed by atoms with Crippen molar-refractivity contribution in [3.05, 3.63) is 11.6 Å². The lowest BCUT2D eigenvalue weighted by atomic mass is 10.6. The summed E-state index contributed by atoms with van der Waals surface area (Å²) in [5, 5.41) is 2.05. The van der Waals surface area contributed by atoms with E-state index in [-0.39, 0.29) is 17.6 Å². The van der Waals surface area contributed by atoms with Crippen molar-refractivity contribution in [1.29, 1.82) is 0 Å².